The summed E-state index contributed by atoms with van der Waals surface area (Å²) in [5, 5.41) is 6.17. The van der Waals surface area contributed by atoms with Crippen LogP contribution in [0.3, 0.4) is 0 Å². The molecule has 0 aliphatic rings. The van der Waals surface area contributed by atoms with Gasteiger partial charge in [-0.25, -0.2) is 13.1 Å². The van der Waals surface area contributed by atoms with E-state index in [0.29, 0.717) is 28.5 Å². The summed E-state index contributed by atoms with van der Waals surface area (Å²) in [5.74, 6) is 1.13. The summed E-state index contributed by atoms with van der Waals surface area (Å²) < 4.78 is 37.3. The number of methoxy groups -OCH3 is 1. The lowest BCUT2D eigenvalue weighted by atomic mass is 10.1. The number of carbonyl (C=O) groups is 1. The molecule has 1 aromatic heterocycles. The van der Waals surface area contributed by atoms with Crippen LogP contribution >= 0.6 is 0 Å². The first kappa shape index (κ1) is 18.9. The zero-order valence-electron chi connectivity index (χ0n) is 14.5. The highest BCUT2D eigenvalue weighted by Gasteiger charge is 2.19. The normalized spacial score (nSPS) is 11.4. The first-order valence-electron chi connectivity index (χ1n) is 7.61. The number of hydrogen-bond acceptors (Lipinski definition) is 6. The maximum Gasteiger partial charge on any atom is 0.240 e. The number of ether oxygens (including phenoxy) is 1. The van der Waals surface area contributed by atoms with Crippen molar-refractivity contribution in [2.24, 2.45) is 0 Å². The molecule has 2 N–H and O–H groups in total. The second-order valence-electron chi connectivity index (χ2n) is 5.61. The Balaban J connectivity index is 1.97. The third kappa shape index (κ3) is 4.80. The average Bonchev–Trinajstić information content (AvgIpc) is 2.93. The molecule has 0 spiro atoms. The van der Waals surface area contributed by atoms with Crippen LogP contribution in [-0.4, -0.2) is 33.1 Å². The summed E-state index contributed by atoms with van der Waals surface area (Å²) in [7, 11) is -2.19. The summed E-state index contributed by atoms with van der Waals surface area (Å²) in [6, 6.07) is 4.80. The molecule has 2 rings (SSSR count). The van der Waals surface area contributed by atoms with E-state index < -0.39 is 10.0 Å². The van der Waals surface area contributed by atoms with E-state index in [-0.39, 0.29) is 23.8 Å². The zero-order valence-corrected chi connectivity index (χ0v) is 15.4. The lowest BCUT2D eigenvalue weighted by molar-refractivity contribution is -0.116. The maximum absolute atomic E-state index is 12.4. The smallest absolute Gasteiger partial charge is 0.240 e. The minimum absolute atomic E-state index is 0.0285. The molecule has 9 heteroatoms. The first-order chi connectivity index (χ1) is 11.7. The van der Waals surface area contributed by atoms with Crippen molar-refractivity contribution in [1.29, 1.82) is 0 Å². The Morgan fingerprint density at radius 1 is 1.20 bits per heavy atom. The van der Waals surface area contributed by atoms with Crippen molar-refractivity contribution < 1.29 is 22.5 Å². The molecular weight excluding hydrogens is 346 g/mol. The molecule has 0 aliphatic heterocycles. The van der Waals surface area contributed by atoms with Gasteiger partial charge in [0.15, 0.2) is 5.82 Å². The Morgan fingerprint density at radius 3 is 2.52 bits per heavy atom. The van der Waals surface area contributed by atoms with Gasteiger partial charge in [-0.15, -0.1) is 0 Å². The minimum atomic E-state index is -3.72. The second-order valence-corrected chi connectivity index (χ2v) is 7.34. The molecule has 0 atom stereocenters. The first-order valence-corrected chi connectivity index (χ1v) is 9.09. The summed E-state index contributed by atoms with van der Waals surface area (Å²) in [6.45, 7) is 5.13. The van der Waals surface area contributed by atoms with Crippen LogP contribution in [0.2, 0.25) is 0 Å². The maximum atomic E-state index is 12.4. The topological polar surface area (TPSA) is 111 Å². The highest BCUT2D eigenvalue weighted by atomic mass is 32.2. The number of nitrogens with one attached hydrogen (secondary N) is 2. The number of anilines is 1. The minimum Gasteiger partial charge on any atom is -0.496 e. The van der Waals surface area contributed by atoms with Gasteiger partial charge in [0, 0.05) is 19.0 Å². The van der Waals surface area contributed by atoms with Gasteiger partial charge in [-0.05, 0) is 44.0 Å². The number of carbonyl (C=O) groups excluding carboxylic acids is 1. The van der Waals surface area contributed by atoms with Crippen molar-refractivity contribution in [2.45, 2.75) is 32.1 Å². The van der Waals surface area contributed by atoms with Crippen LogP contribution in [0.5, 0.6) is 5.75 Å². The number of rotatable bonds is 7. The molecule has 0 unspecified atom stereocenters. The van der Waals surface area contributed by atoms with E-state index in [4.69, 9.17) is 9.26 Å². The van der Waals surface area contributed by atoms with Crippen LogP contribution in [0.25, 0.3) is 0 Å². The highest BCUT2D eigenvalue weighted by Crippen LogP contribution is 2.25. The molecular formula is C16H21N3O5S. The van der Waals surface area contributed by atoms with Crippen LogP contribution in [-0.2, 0) is 14.8 Å². The van der Waals surface area contributed by atoms with E-state index in [2.05, 4.69) is 15.2 Å². The van der Waals surface area contributed by atoms with E-state index in [1.165, 1.54) is 7.11 Å². The average molecular weight is 367 g/mol. The Labute approximate surface area is 146 Å². The van der Waals surface area contributed by atoms with E-state index in [1.807, 2.05) is 0 Å². The lowest BCUT2D eigenvalue weighted by Crippen LogP contribution is -2.28. The van der Waals surface area contributed by atoms with Crippen molar-refractivity contribution in [2.75, 3.05) is 19.0 Å². The number of hydrogen-bond donors (Lipinski definition) is 2. The van der Waals surface area contributed by atoms with Crippen molar-refractivity contribution in [3.63, 3.8) is 0 Å². The number of aromatic nitrogens is 1. The molecule has 0 aliphatic carbocycles. The molecule has 0 fully saturated rings. The van der Waals surface area contributed by atoms with Crippen LogP contribution in [0.1, 0.15) is 23.3 Å². The van der Waals surface area contributed by atoms with Gasteiger partial charge in [-0.3, -0.25) is 4.79 Å². The summed E-state index contributed by atoms with van der Waals surface area (Å²) >= 11 is 0. The van der Waals surface area contributed by atoms with Gasteiger partial charge in [-0.2, -0.15) is 0 Å². The summed E-state index contributed by atoms with van der Waals surface area (Å²) in [5.41, 5.74) is 1.28. The predicted octanol–water partition coefficient (Wildman–Crippen LogP) is 1.92. The van der Waals surface area contributed by atoms with E-state index in [9.17, 15) is 13.2 Å². The molecule has 0 saturated carbocycles. The largest absolute Gasteiger partial charge is 0.496 e. The lowest BCUT2D eigenvalue weighted by Gasteiger charge is -2.12. The van der Waals surface area contributed by atoms with Crippen LogP contribution < -0.4 is 14.8 Å². The molecule has 0 bridgehead atoms. The monoisotopic (exact) mass is 367 g/mol. The van der Waals surface area contributed by atoms with Crippen molar-refractivity contribution >= 4 is 21.7 Å². The predicted molar refractivity (Wildman–Crippen MR) is 92.1 cm³/mol. The third-order valence-corrected chi connectivity index (χ3v) is 5.12. The Kier molecular flexibility index (Phi) is 5.81. The molecule has 0 radical (unpaired) electrons. The van der Waals surface area contributed by atoms with Crippen molar-refractivity contribution in [3.05, 3.63) is 35.1 Å². The van der Waals surface area contributed by atoms with E-state index in [0.717, 1.165) is 0 Å². The molecule has 1 heterocycles. The molecule has 1 aromatic carbocycles. The molecule has 25 heavy (non-hydrogen) atoms. The fourth-order valence-electron chi connectivity index (χ4n) is 2.28. The SMILES string of the molecule is COc1cc(C)c(S(=O)(=O)NCCC(=O)Nc2cc(C)on2)cc1C. The van der Waals surface area contributed by atoms with Gasteiger partial charge >= 0.3 is 0 Å². The molecule has 0 saturated heterocycles. The Bertz CT molecular complexity index is 874. The number of amides is 1. The van der Waals surface area contributed by atoms with Gasteiger partial charge < -0.3 is 14.6 Å². The van der Waals surface area contributed by atoms with Crippen LogP contribution in [0.15, 0.2) is 27.6 Å². The Hall–Kier alpha value is -2.39. The quantitative estimate of drug-likeness (QED) is 0.773. The number of nitrogens with zero attached hydrogens (tertiary/aromatic N) is 1. The zero-order chi connectivity index (χ0) is 18.6. The molecule has 1 amide bonds. The standard InChI is InChI=1S/C16H21N3O5S/c1-10-8-14(11(2)7-13(10)23-4)25(21,22)17-6-5-16(20)18-15-9-12(3)24-19-15/h7-9,17H,5-6H2,1-4H3,(H,18,19,20). The fraction of sp³-hybridized carbons (Fsp3) is 0.375. The second kappa shape index (κ2) is 7.66. The molecule has 8 nitrogen and oxygen atoms in total. The van der Waals surface area contributed by atoms with Gasteiger partial charge in [0.1, 0.15) is 11.5 Å². The molecule has 136 valence electrons. The number of aryl methyl sites for hydroxylation is 3. The van der Waals surface area contributed by atoms with Gasteiger partial charge in [0.2, 0.25) is 15.9 Å². The van der Waals surface area contributed by atoms with Crippen molar-refractivity contribution in [3.8, 4) is 5.75 Å². The third-order valence-electron chi connectivity index (χ3n) is 3.52. The van der Waals surface area contributed by atoms with E-state index >= 15 is 0 Å². The van der Waals surface area contributed by atoms with Crippen molar-refractivity contribution in [1.82, 2.24) is 9.88 Å². The highest BCUT2D eigenvalue weighted by molar-refractivity contribution is 7.89. The number of benzene rings is 1. The van der Waals surface area contributed by atoms with Crippen LogP contribution in [0.4, 0.5) is 5.82 Å². The molecule has 2 aromatic rings. The van der Waals surface area contributed by atoms with E-state index in [1.54, 1.807) is 39.0 Å². The van der Waals surface area contributed by atoms with Gasteiger partial charge in [0.05, 0.1) is 12.0 Å². The van der Waals surface area contributed by atoms with Crippen LogP contribution in [0, 0.1) is 20.8 Å². The van der Waals surface area contributed by atoms with Gasteiger partial charge in [-0.1, -0.05) is 5.16 Å². The fourth-order valence-corrected chi connectivity index (χ4v) is 3.62. The Morgan fingerprint density at radius 2 is 1.92 bits per heavy atom. The van der Waals surface area contributed by atoms with Gasteiger partial charge in [0.25, 0.3) is 0 Å². The number of sulfonamides is 1. The summed E-state index contributed by atoms with van der Waals surface area (Å²) in [4.78, 5) is 12.0. The summed E-state index contributed by atoms with van der Waals surface area (Å²) in [6.07, 6.45) is -0.0285.